The molecule has 0 atom stereocenters. The van der Waals surface area contributed by atoms with Crippen LogP contribution in [0.15, 0.2) is 35.2 Å². The van der Waals surface area contributed by atoms with E-state index >= 15 is 0 Å². The molecule has 0 aliphatic carbocycles. The highest BCUT2D eigenvalue weighted by molar-refractivity contribution is 5.91. The molecule has 0 spiro atoms. The maximum Gasteiger partial charge on any atom is 0.289 e. The summed E-state index contributed by atoms with van der Waals surface area (Å²) in [6.45, 7) is 6.92. The summed E-state index contributed by atoms with van der Waals surface area (Å²) in [4.78, 5) is 24.8. The van der Waals surface area contributed by atoms with Crippen molar-refractivity contribution in [1.82, 2.24) is 14.9 Å². The summed E-state index contributed by atoms with van der Waals surface area (Å²) in [5, 5.41) is 3.28. The summed E-state index contributed by atoms with van der Waals surface area (Å²) in [6.07, 6.45) is 3.09. The highest BCUT2D eigenvalue weighted by Crippen LogP contribution is 2.17. The number of nitrogens with zero attached hydrogens (tertiary/aromatic N) is 4. The molecule has 1 fully saturated rings. The third kappa shape index (κ3) is 3.61. The van der Waals surface area contributed by atoms with Gasteiger partial charge in [0.05, 0.1) is 6.26 Å². The first kappa shape index (κ1) is 15.3. The minimum Gasteiger partial charge on any atom is -0.459 e. The van der Waals surface area contributed by atoms with Crippen LogP contribution < -0.4 is 10.2 Å². The maximum absolute atomic E-state index is 12.3. The molecule has 1 aliphatic rings. The van der Waals surface area contributed by atoms with Crippen molar-refractivity contribution in [3.05, 3.63) is 36.5 Å². The van der Waals surface area contributed by atoms with Gasteiger partial charge in [0.15, 0.2) is 5.76 Å². The summed E-state index contributed by atoms with van der Waals surface area (Å²) < 4.78 is 5.18. The average Bonchev–Trinajstić information content (AvgIpc) is 3.08. The first-order chi connectivity index (χ1) is 11.1. The van der Waals surface area contributed by atoms with Gasteiger partial charge in [0, 0.05) is 38.3 Å². The molecule has 1 amide bonds. The van der Waals surface area contributed by atoms with E-state index in [9.17, 15) is 4.79 Å². The van der Waals surface area contributed by atoms with Crippen LogP contribution in [0.25, 0.3) is 0 Å². The molecule has 1 N–H and O–H groups in total. The van der Waals surface area contributed by atoms with Crippen molar-refractivity contribution < 1.29 is 9.21 Å². The smallest absolute Gasteiger partial charge is 0.289 e. The monoisotopic (exact) mass is 315 g/mol. The van der Waals surface area contributed by atoms with Gasteiger partial charge in [-0.05, 0) is 26.0 Å². The molecule has 1 aliphatic heterocycles. The number of aromatic nitrogens is 2. The molecule has 2 aromatic heterocycles. The van der Waals surface area contributed by atoms with Crippen molar-refractivity contribution in [1.29, 1.82) is 0 Å². The van der Waals surface area contributed by atoms with Gasteiger partial charge in [-0.3, -0.25) is 4.79 Å². The molecule has 0 aromatic carbocycles. The maximum atomic E-state index is 12.3. The molecule has 3 heterocycles. The van der Waals surface area contributed by atoms with Crippen LogP contribution in [0.1, 0.15) is 24.4 Å². The van der Waals surface area contributed by atoms with E-state index in [1.54, 1.807) is 18.5 Å². The van der Waals surface area contributed by atoms with Gasteiger partial charge in [-0.15, -0.1) is 0 Å². The zero-order chi connectivity index (χ0) is 16.2. The molecule has 122 valence electrons. The lowest BCUT2D eigenvalue weighted by molar-refractivity contribution is 0.0714. The average molecular weight is 315 g/mol. The molecule has 0 radical (unpaired) electrons. The first-order valence-electron chi connectivity index (χ1n) is 7.80. The van der Waals surface area contributed by atoms with Crippen molar-refractivity contribution in [2.45, 2.75) is 19.9 Å². The van der Waals surface area contributed by atoms with E-state index in [1.807, 2.05) is 11.0 Å². The van der Waals surface area contributed by atoms with Crippen molar-refractivity contribution in [2.75, 3.05) is 36.4 Å². The molecule has 1 saturated heterocycles. The van der Waals surface area contributed by atoms with E-state index in [4.69, 9.17) is 4.42 Å². The fourth-order valence-electron chi connectivity index (χ4n) is 2.59. The van der Waals surface area contributed by atoms with E-state index in [-0.39, 0.29) is 5.91 Å². The molecule has 7 heteroatoms. The lowest BCUT2D eigenvalue weighted by Gasteiger charge is -2.35. The number of carbonyl (C=O) groups excluding carboxylic acids is 1. The lowest BCUT2D eigenvalue weighted by atomic mass is 10.2. The summed E-state index contributed by atoms with van der Waals surface area (Å²) in [7, 11) is 0. The Labute approximate surface area is 135 Å². The van der Waals surface area contributed by atoms with E-state index in [0.29, 0.717) is 24.9 Å². The number of amides is 1. The topological polar surface area (TPSA) is 74.5 Å². The van der Waals surface area contributed by atoms with E-state index in [1.165, 1.54) is 6.26 Å². The van der Waals surface area contributed by atoms with Crippen molar-refractivity contribution >= 4 is 17.5 Å². The molecule has 2 aromatic rings. The minimum absolute atomic E-state index is 0.0560. The van der Waals surface area contributed by atoms with Gasteiger partial charge in [0.2, 0.25) is 0 Å². The Bertz CT molecular complexity index is 648. The van der Waals surface area contributed by atoms with Gasteiger partial charge in [-0.1, -0.05) is 0 Å². The third-order valence-electron chi connectivity index (χ3n) is 3.71. The highest BCUT2D eigenvalue weighted by Gasteiger charge is 2.24. The second-order valence-corrected chi connectivity index (χ2v) is 5.82. The van der Waals surface area contributed by atoms with Crippen LogP contribution in [-0.4, -0.2) is 53.0 Å². The predicted molar refractivity (Wildman–Crippen MR) is 87.6 cm³/mol. The fourth-order valence-corrected chi connectivity index (χ4v) is 2.59. The standard InChI is InChI=1S/C16H21N5O2/c1-12(2)19-14-10-15(18-11-17-14)20-5-7-21(8-6-20)16(22)13-4-3-9-23-13/h3-4,9-12H,5-8H2,1-2H3,(H,17,18,19). The normalized spacial score (nSPS) is 15.1. The summed E-state index contributed by atoms with van der Waals surface area (Å²) >= 11 is 0. The number of nitrogens with one attached hydrogen (secondary N) is 1. The molecule has 0 saturated carbocycles. The molecular weight excluding hydrogens is 294 g/mol. The number of furan rings is 1. The van der Waals surface area contributed by atoms with Crippen LogP contribution in [0.3, 0.4) is 0 Å². The predicted octanol–water partition coefficient (Wildman–Crippen LogP) is 1.85. The Kier molecular flexibility index (Phi) is 4.45. The van der Waals surface area contributed by atoms with Gasteiger partial charge in [0.1, 0.15) is 18.0 Å². The molecule has 7 nitrogen and oxygen atoms in total. The number of carbonyl (C=O) groups is 1. The number of piperazine rings is 1. The molecule has 0 bridgehead atoms. The van der Waals surface area contributed by atoms with E-state index in [0.717, 1.165) is 24.7 Å². The zero-order valence-corrected chi connectivity index (χ0v) is 13.4. The van der Waals surface area contributed by atoms with Gasteiger partial charge in [-0.25, -0.2) is 9.97 Å². The summed E-state index contributed by atoms with van der Waals surface area (Å²) in [6, 6.07) is 5.70. The second-order valence-electron chi connectivity index (χ2n) is 5.82. The number of hydrogen-bond donors (Lipinski definition) is 1. The lowest BCUT2D eigenvalue weighted by Crippen LogP contribution is -2.49. The number of hydrogen-bond acceptors (Lipinski definition) is 6. The largest absolute Gasteiger partial charge is 0.459 e. The zero-order valence-electron chi connectivity index (χ0n) is 13.4. The third-order valence-corrected chi connectivity index (χ3v) is 3.71. The first-order valence-corrected chi connectivity index (χ1v) is 7.80. The Morgan fingerprint density at radius 2 is 2.04 bits per heavy atom. The van der Waals surface area contributed by atoms with E-state index in [2.05, 4.69) is 34.0 Å². The Hall–Kier alpha value is -2.57. The van der Waals surface area contributed by atoms with Crippen molar-refractivity contribution in [3.63, 3.8) is 0 Å². The van der Waals surface area contributed by atoms with Crippen molar-refractivity contribution in [2.24, 2.45) is 0 Å². The Balaban J connectivity index is 1.61. The number of anilines is 2. The van der Waals surface area contributed by atoms with Gasteiger partial charge in [0.25, 0.3) is 5.91 Å². The molecule has 0 unspecified atom stereocenters. The summed E-state index contributed by atoms with van der Waals surface area (Å²) in [5.41, 5.74) is 0. The summed E-state index contributed by atoms with van der Waals surface area (Å²) in [5.74, 6) is 2.04. The van der Waals surface area contributed by atoms with Crippen LogP contribution in [0, 0.1) is 0 Å². The van der Waals surface area contributed by atoms with Crippen LogP contribution in [0.5, 0.6) is 0 Å². The van der Waals surface area contributed by atoms with Crippen LogP contribution in [0.4, 0.5) is 11.6 Å². The van der Waals surface area contributed by atoms with Crippen LogP contribution in [0.2, 0.25) is 0 Å². The fraction of sp³-hybridized carbons (Fsp3) is 0.438. The second kappa shape index (κ2) is 6.68. The molecule has 3 rings (SSSR count). The van der Waals surface area contributed by atoms with Crippen molar-refractivity contribution in [3.8, 4) is 0 Å². The SMILES string of the molecule is CC(C)Nc1cc(N2CCN(C(=O)c3ccco3)CC2)ncn1. The van der Waals surface area contributed by atoms with Gasteiger partial charge >= 0.3 is 0 Å². The van der Waals surface area contributed by atoms with Gasteiger partial charge < -0.3 is 19.5 Å². The minimum atomic E-state index is -0.0560. The number of rotatable bonds is 4. The Morgan fingerprint density at radius 1 is 1.26 bits per heavy atom. The van der Waals surface area contributed by atoms with Crippen LogP contribution >= 0.6 is 0 Å². The quantitative estimate of drug-likeness (QED) is 0.928. The Morgan fingerprint density at radius 3 is 2.70 bits per heavy atom. The highest BCUT2D eigenvalue weighted by atomic mass is 16.3. The molecule has 23 heavy (non-hydrogen) atoms. The van der Waals surface area contributed by atoms with Gasteiger partial charge in [-0.2, -0.15) is 0 Å². The molecular formula is C16H21N5O2. The van der Waals surface area contributed by atoms with E-state index < -0.39 is 0 Å². The van der Waals surface area contributed by atoms with Crippen LogP contribution in [-0.2, 0) is 0 Å².